The summed E-state index contributed by atoms with van der Waals surface area (Å²) in [5.41, 5.74) is 2.23. The highest BCUT2D eigenvalue weighted by Gasteiger charge is 2.33. The molecule has 2 atom stereocenters. The van der Waals surface area contributed by atoms with Gasteiger partial charge in [-0.25, -0.2) is 9.78 Å². The highest BCUT2D eigenvalue weighted by Crippen LogP contribution is 2.34. The number of piperazine rings is 1. The summed E-state index contributed by atoms with van der Waals surface area (Å²) in [5, 5.41) is 22.5. The van der Waals surface area contributed by atoms with Crippen LogP contribution in [0.2, 0.25) is 0 Å². The van der Waals surface area contributed by atoms with Crippen LogP contribution in [-0.2, 0) is 6.18 Å². The first kappa shape index (κ1) is 30.4. The molecule has 1 saturated heterocycles. The minimum Gasteiger partial charge on any atom is -0.478 e. The zero-order valence-corrected chi connectivity index (χ0v) is 24.6. The van der Waals surface area contributed by atoms with Gasteiger partial charge in [-0.3, -0.25) is 9.20 Å². The number of nitrogens with zero attached hydrogens (tertiary/aromatic N) is 5. The Morgan fingerprint density at radius 1 is 1.16 bits per heavy atom. The summed E-state index contributed by atoms with van der Waals surface area (Å²) in [6, 6.07) is 13.0. The van der Waals surface area contributed by atoms with Gasteiger partial charge in [-0.1, -0.05) is 12.1 Å². The van der Waals surface area contributed by atoms with Gasteiger partial charge in [-0.15, -0.1) is 0 Å². The number of para-hydroxylation sites is 1. The molecule has 5 rings (SSSR count). The molecular weight excluding hydrogens is 573 g/mol. The normalized spacial score (nSPS) is 16.1. The topological polar surface area (TPSA) is 114 Å². The summed E-state index contributed by atoms with van der Waals surface area (Å²) in [6.07, 6.45) is -2.83. The van der Waals surface area contributed by atoms with Gasteiger partial charge in [0.1, 0.15) is 17.5 Å². The van der Waals surface area contributed by atoms with E-state index in [-0.39, 0.29) is 22.7 Å². The average molecular weight is 605 g/mol. The van der Waals surface area contributed by atoms with E-state index in [1.165, 1.54) is 16.5 Å². The third-order valence-electron chi connectivity index (χ3n) is 7.97. The summed E-state index contributed by atoms with van der Waals surface area (Å²) in [6.45, 7) is 8.60. The summed E-state index contributed by atoms with van der Waals surface area (Å²) in [7, 11) is 0. The second kappa shape index (κ2) is 11.6. The first-order chi connectivity index (χ1) is 20.8. The Morgan fingerprint density at radius 2 is 1.89 bits per heavy atom. The SMILES string of the molecule is Cc1cc([C@@H](C)Nc2ccccc2C(=O)O)c2nc(N3CCN(c4ccc(C(F)(F)F)cc4C#N)C[C@H]3C)c(C)c(=O)n2c1. The summed E-state index contributed by atoms with van der Waals surface area (Å²) in [4.78, 5) is 34.3. The fourth-order valence-electron chi connectivity index (χ4n) is 5.76. The first-order valence-corrected chi connectivity index (χ1v) is 14.1. The van der Waals surface area contributed by atoms with E-state index in [2.05, 4.69) is 5.32 Å². The maximum atomic E-state index is 13.7. The highest BCUT2D eigenvalue weighted by molar-refractivity contribution is 5.94. The van der Waals surface area contributed by atoms with Crippen LogP contribution in [0.25, 0.3) is 5.65 Å². The Balaban J connectivity index is 1.49. The number of carbonyl (C=O) groups is 1. The predicted molar refractivity (Wildman–Crippen MR) is 162 cm³/mol. The van der Waals surface area contributed by atoms with E-state index in [1.54, 1.807) is 31.3 Å². The number of alkyl halides is 3. The number of nitriles is 1. The summed E-state index contributed by atoms with van der Waals surface area (Å²) >= 11 is 0. The largest absolute Gasteiger partial charge is 0.478 e. The van der Waals surface area contributed by atoms with Gasteiger partial charge in [-0.2, -0.15) is 18.4 Å². The molecule has 1 fully saturated rings. The van der Waals surface area contributed by atoms with Crippen molar-refractivity contribution in [1.82, 2.24) is 9.38 Å². The van der Waals surface area contributed by atoms with Crippen molar-refractivity contribution in [2.24, 2.45) is 0 Å². The number of rotatable bonds is 6. The van der Waals surface area contributed by atoms with Gasteiger partial charge in [-0.05, 0) is 69.7 Å². The number of anilines is 3. The fourth-order valence-corrected chi connectivity index (χ4v) is 5.76. The third-order valence-corrected chi connectivity index (χ3v) is 7.97. The van der Waals surface area contributed by atoms with E-state index in [0.717, 1.165) is 17.7 Å². The van der Waals surface area contributed by atoms with Crippen LogP contribution >= 0.6 is 0 Å². The number of aryl methyl sites for hydroxylation is 1. The van der Waals surface area contributed by atoms with Gasteiger partial charge >= 0.3 is 12.1 Å². The second-order valence-corrected chi connectivity index (χ2v) is 11.1. The van der Waals surface area contributed by atoms with Crippen LogP contribution in [0.1, 0.15) is 58.1 Å². The Bertz CT molecular complexity index is 1860. The number of aromatic nitrogens is 2. The molecule has 12 heteroatoms. The van der Waals surface area contributed by atoms with E-state index >= 15 is 0 Å². The van der Waals surface area contributed by atoms with Crippen molar-refractivity contribution in [2.75, 3.05) is 34.8 Å². The number of halogens is 3. The molecule has 0 saturated carbocycles. The van der Waals surface area contributed by atoms with Crippen molar-refractivity contribution in [3.05, 3.63) is 98.5 Å². The summed E-state index contributed by atoms with van der Waals surface area (Å²) in [5.74, 6) is -0.564. The summed E-state index contributed by atoms with van der Waals surface area (Å²) < 4.78 is 41.2. The van der Waals surface area contributed by atoms with Crippen molar-refractivity contribution < 1.29 is 23.1 Å². The molecule has 0 bridgehead atoms. The van der Waals surface area contributed by atoms with Gasteiger partial charge in [0.25, 0.3) is 5.56 Å². The number of benzene rings is 2. The lowest BCUT2D eigenvalue weighted by Gasteiger charge is -2.42. The van der Waals surface area contributed by atoms with Crippen molar-refractivity contribution in [1.29, 1.82) is 5.26 Å². The number of hydrogen-bond donors (Lipinski definition) is 2. The van der Waals surface area contributed by atoms with Crippen LogP contribution in [0.4, 0.5) is 30.4 Å². The van der Waals surface area contributed by atoms with E-state index in [0.29, 0.717) is 53.6 Å². The number of pyridine rings is 1. The quantitative estimate of drug-likeness (QED) is 0.285. The molecule has 2 aromatic carbocycles. The fraction of sp³-hybridized carbons (Fsp3) is 0.312. The molecule has 0 unspecified atom stereocenters. The second-order valence-electron chi connectivity index (χ2n) is 11.1. The number of carboxylic acid groups (broad SMARTS) is 1. The van der Waals surface area contributed by atoms with Gasteiger partial charge in [0.15, 0.2) is 0 Å². The van der Waals surface area contributed by atoms with Gasteiger partial charge in [0.05, 0.1) is 34.0 Å². The van der Waals surface area contributed by atoms with Crippen LogP contribution in [0, 0.1) is 25.2 Å². The number of hydrogen-bond acceptors (Lipinski definition) is 7. The first-order valence-electron chi connectivity index (χ1n) is 14.1. The molecule has 4 aromatic rings. The lowest BCUT2D eigenvalue weighted by atomic mass is 10.0. The van der Waals surface area contributed by atoms with Crippen LogP contribution in [0.15, 0.2) is 59.5 Å². The molecular formula is C32H31F3N6O3. The Labute approximate surface area is 251 Å². The molecule has 228 valence electrons. The minimum absolute atomic E-state index is 0.0512. The zero-order valence-electron chi connectivity index (χ0n) is 24.6. The van der Waals surface area contributed by atoms with E-state index < -0.39 is 23.8 Å². The maximum absolute atomic E-state index is 13.7. The molecule has 0 radical (unpaired) electrons. The van der Waals surface area contributed by atoms with Gasteiger partial charge in [0.2, 0.25) is 0 Å². The van der Waals surface area contributed by atoms with Crippen LogP contribution in [0.3, 0.4) is 0 Å². The number of aromatic carboxylic acids is 1. The molecule has 3 heterocycles. The van der Waals surface area contributed by atoms with Crippen LogP contribution in [-0.4, -0.2) is 46.1 Å². The molecule has 0 aliphatic carbocycles. The number of carboxylic acids is 1. The average Bonchev–Trinajstić information content (AvgIpc) is 2.98. The molecule has 0 spiro atoms. The van der Waals surface area contributed by atoms with E-state index in [4.69, 9.17) is 4.98 Å². The van der Waals surface area contributed by atoms with Crippen molar-refractivity contribution >= 4 is 28.8 Å². The van der Waals surface area contributed by atoms with E-state index in [9.17, 15) is 33.1 Å². The lowest BCUT2D eigenvalue weighted by Crippen LogP contribution is -2.53. The van der Waals surface area contributed by atoms with Crippen LogP contribution < -0.4 is 20.7 Å². The Hall–Kier alpha value is -5.05. The maximum Gasteiger partial charge on any atom is 0.416 e. The molecule has 1 aliphatic heterocycles. The Morgan fingerprint density at radius 3 is 2.55 bits per heavy atom. The Kier molecular flexibility index (Phi) is 7.99. The molecule has 2 N–H and O–H groups in total. The molecule has 1 aliphatic rings. The van der Waals surface area contributed by atoms with Crippen molar-refractivity contribution in [3.63, 3.8) is 0 Å². The lowest BCUT2D eigenvalue weighted by molar-refractivity contribution is -0.137. The van der Waals surface area contributed by atoms with Crippen molar-refractivity contribution in [2.45, 2.75) is 46.0 Å². The van der Waals surface area contributed by atoms with Crippen LogP contribution in [0.5, 0.6) is 0 Å². The number of nitrogens with one attached hydrogen (secondary N) is 1. The van der Waals surface area contributed by atoms with Gasteiger partial charge in [0, 0.05) is 43.1 Å². The van der Waals surface area contributed by atoms with E-state index in [1.807, 2.05) is 42.7 Å². The smallest absolute Gasteiger partial charge is 0.416 e. The van der Waals surface area contributed by atoms with Gasteiger partial charge < -0.3 is 20.2 Å². The molecule has 0 amide bonds. The standard InChI is InChI=1S/C32H31F3N6O3/c1-18-13-25(21(4)37-26-8-6-5-7-24(26)31(43)44)29-38-28(20(3)30(42)41(29)16-18)40-12-11-39(17-19(40)2)27-10-9-23(32(33,34)35)14-22(27)15-36/h5-10,13-14,16,19,21,37H,11-12,17H2,1-4H3,(H,43,44)/t19-,21-/m1/s1. The van der Waals surface area contributed by atoms with Crippen molar-refractivity contribution in [3.8, 4) is 6.07 Å². The molecule has 9 nitrogen and oxygen atoms in total. The molecule has 2 aromatic heterocycles. The molecule has 44 heavy (non-hydrogen) atoms. The predicted octanol–water partition coefficient (Wildman–Crippen LogP) is 5.79. The zero-order chi connectivity index (χ0) is 31.9. The highest BCUT2D eigenvalue weighted by atomic mass is 19.4. The third kappa shape index (κ3) is 5.65. The monoisotopic (exact) mass is 604 g/mol. The number of fused-ring (bicyclic) bond motifs is 1. The minimum atomic E-state index is -4.55.